The highest BCUT2D eigenvalue weighted by Crippen LogP contribution is 2.18. The Labute approximate surface area is 92.8 Å². The fraction of sp³-hybridized carbons (Fsp3) is 0.667. The molecule has 0 radical (unpaired) electrons. The molecule has 1 amide bonds. The number of rotatable bonds is 3. The number of amides is 1. The topological polar surface area (TPSA) is 58.1 Å². The molecule has 15 heavy (non-hydrogen) atoms. The first-order valence-electron chi connectivity index (χ1n) is 5.06. The van der Waals surface area contributed by atoms with E-state index in [4.69, 9.17) is 0 Å². The lowest BCUT2D eigenvalue weighted by molar-refractivity contribution is 0.0732. The largest absolute Gasteiger partial charge is 0.333 e. The van der Waals surface area contributed by atoms with E-state index in [2.05, 4.69) is 14.1 Å². The zero-order chi connectivity index (χ0) is 10.7. The lowest BCUT2D eigenvalue weighted by Gasteiger charge is -2.23. The summed E-state index contributed by atoms with van der Waals surface area (Å²) >= 11 is 1.08. The third kappa shape index (κ3) is 2.15. The number of likely N-dealkylation sites (N-methyl/N-ethyl adjacent to an activating group) is 1. The zero-order valence-corrected chi connectivity index (χ0v) is 9.46. The van der Waals surface area contributed by atoms with Crippen LogP contribution in [0.4, 0.5) is 0 Å². The first-order chi connectivity index (χ1) is 7.33. The van der Waals surface area contributed by atoms with E-state index in [0.717, 1.165) is 37.7 Å². The van der Waals surface area contributed by atoms with Crippen LogP contribution < -0.4 is 5.32 Å². The van der Waals surface area contributed by atoms with Gasteiger partial charge >= 0.3 is 0 Å². The molecule has 5 nitrogen and oxygen atoms in total. The first-order valence-corrected chi connectivity index (χ1v) is 5.79. The Morgan fingerprint density at radius 1 is 1.80 bits per heavy atom. The van der Waals surface area contributed by atoms with E-state index in [1.54, 1.807) is 6.20 Å². The van der Waals surface area contributed by atoms with Gasteiger partial charge in [-0.2, -0.15) is 8.75 Å². The Bertz CT molecular complexity index is 327. The molecule has 1 aromatic rings. The van der Waals surface area contributed by atoms with Crippen LogP contribution in [0.1, 0.15) is 23.3 Å². The third-order valence-corrected chi connectivity index (χ3v) is 3.14. The van der Waals surface area contributed by atoms with E-state index in [0.29, 0.717) is 11.7 Å². The van der Waals surface area contributed by atoms with E-state index in [9.17, 15) is 4.79 Å². The lowest BCUT2D eigenvalue weighted by Crippen LogP contribution is -2.40. The third-order valence-electron chi connectivity index (χ3n) is 2.66. The summed E-state index contributed by atoms with van der Waals surface area (Å²) in [4.78, 5) is 13.9. The Kier molecular flexibility index (Phi) is 3.27. The monoisotopic (exact) mass is 226 g/mol. The summed E-state index contributed by atoms with van der Waals surface area (Å²) in [5, 5.41) is 3.11. The molecule has 6 heteroatoms. The van der Waals surface area contributed by atoms with Crippen molar-refractivity contribution in [3.05, 3.63) is 11.9 Å². The Balaban J connectivity index is 2.06. The SMILES string of the molecule is CNCC1CCCN1C(=O)c1cnsn1. The number of nitrogens with one attached hydrogen (secondary N) is 1. The van der Waals surface area contributed by atoms with Crippen LogP contribution in [0.15, 0.2) is 6.20 Å². The molecular weight excluding hydrogens is 212 g/mol. The Morgan fingerprint density at radius 2 is 2.67 bits per heavy atom. The quantitative estimate of drug-likeness (QED) is 0.808. The maximum Gasteiger partial charge on any atom is 0.275 e. The minimum atomic E-state index is 0.0153. The molecule has 0 aromatic carbocycles. The second-order valence-electron chi connectivity index (χ2n) is 3.64. The van der Waals surface area contributed by atoms with Crippen molar-refractivity contribution in [2.45, 2.75) is 18.9 Å². The van der Waals surface area contributed by atoms with Gasteiger partial charge in [0.2, 0.25) is 0 Å². The van der Waals surface area contributed by atoms with Crippen molar-refractivity contribution in [1.82, 2.24) is 19.0 Å². The van der Waals surface area contributed by atoms with Gasteiger partial charge < -0.3 is 10.2 Å². The molecule has 1 saturated heterocycles. The van der Waals surface area contributed by atoms with E-state index in [1.165, 1.54) is 0 Å². The molecule has 1 aliphatic rings. The van der Waals surface area contributed by atoms with E-state index >= 15 is 0 Å². The van der Waals surface area contributed by atoms with E-state index in [-0.39, 0.29) is 5.91 Å². The van der Waals surface area contributed by atoms with Crippen molar-refractivity contribution in [3.8, 4) is 0 Å². The molecule has 0 saturated carbocycles. The standard InChI is InChI=1S/C9H14N4OS/c1-10-5-7-3-2-4-13(7)9(14)8-6-11-15-12-8/h6-7,10H,2-5H2,1H3. The molecule has 1 aromatic heterocycles. The Morgan fingerprint density at radius 3 is 3.33 bits per heavy atom. The van der Waals surface area contributed by atoms with Crippen molar-refractivity contribution in [2.75, 3.05) is 20.1 Å². The predicted molar refractivity (Wildman–Crippen MR) is 57.9 cm³/mol. The number of aromatic nitrogens is 2. The van der Waals surface area contributed by atoms with Crippen LogP contribution in [-0.2, 0) is 0 Å². The van der Waals surface area contributed by atoms with Gasteiger partial charge in [0, 0.05) is 19.1 Å². The molecule has 0 spiro atoms. The molecule has 1 fully saturated rings. The molecule has 1 unspecified atom stereocenters. The molecule has 1 aliphatic heterocycles. The minimum absolute atomic E-state index is 0.0153. The van der Waals surface area contributed by atoms with Crippen molar-refractivity contribution in [1.29, 1.82) is 0 Å². The van der Waals surface area contributed by atoms with Crippen LogP contribution in [0.25, 0.3) is 0 Å². The van der Waals surface area contributed by atoms with Gasteiger partial charge in [-0.15, -0.1) is 0 Å². The van der Waals surface area contributed by atoms with E-state index in [1.807, 2.05) is 11.9 Å². The van der Waals surface area contributed by atoms with Crippen LogP contribution in [0.3, 0.4) is 0 Å². The number of likely N-dealkylation sites (tertiary alicyclic amines) is 1. The van der Waals surface area contributed by atoms with Crippen molar-refractivity contribution < 1.29 is 4.79 Å². The number of hydrogen-bond donors (Lipinski definition) is 1. The maximum absolute atomic E-state index is 12.0. The van der Waals surface area contributed by atoms with Gasteiger partial charge in [0.25, 0.3) is 5.91 Å². The van der Waals surface area contributed by atoms with Gasteiger partial charge in [0.15, 0.2) is 5.69 Å². The fourth-order valence-electron chi connectivity index (χ4n) is 1.96. The molecule has 82 valence electrons. The lowest BCUT2D eigenvalue weighted by atomic mass is 10.2. The summed E-state index contributed by atoms with van der Waals surface area (Å²) in [7, 11) is 1.91. The van der Waals surface area contributed by atoms with Gasteiger partial charge in [-0.05, 0) is 19.9 Å². The van der Waals surface area contributed by atoms with Crippen molar-refractivity contribution >= 4 is 17.6 Å². The second-order valence-corrected chi connectivity index (χ2v) is 4.20. The highest BCUT2D eigenvalue weighted by atomic mass is 32.1. The summed E-state index contributed by atoms with van der Waals surface area (Å²) in [6.45, 7) is 1.69. The summed E-state index contributed by atoms with van der Waals surface area (Å²) < 4.78 is 7.83. The van der Waals surface area contributed by atoms with Gasteiger partial charge in [-0.1, -0.05) is 0 Å². The van der Waals surface area contributed by atoms with Gasteiger partial charge in [0.1, 0.15) is 0 Å². The Hall–Kier alpha value is -1.01. The summed E-state index contributed by atoms with van der Waals surface area (Å²) in [5.41, 5.74) is 0.475. The van der Waals surface area contributed by atoms with E-state index < -0.39 is 0 Å². The van der Waals surface area contributed by atoms with Crippen molar-refractivity contribution in [3.63, 3.8) is 0 Å². The molecule has 1 atom stereocenters. The molecule has 2 heterocycles. The number of nitrogens with zero attached hydrogens (tertiary/aromatic N) is 3. The molecule has 2 rings (SSSR count). The van der Waals surface area contributed by atoms with Crippen LogP contribution in [-0.4, -0.2) is 45.7 Å². The molecule has 0 aliphatic carbocycles. The first kappa shape index (κ1) is 10.5. The highest BCUT2D eigenvalue weighted by Gasteiger charge is 2.29. The highest BCUT2D eigenvalue weighted by molar-refractivity contribution is 6.99. The van der Waals surface area contributed by atoms with Crippen LogP contribution in [0, 0.1) is 0 Å². The molecular formula is C9H14N4OS. The maximum atomic E-state index is 12.0. The minimum Gasteiger partial charge on any atom is -0.333 e. The number of hydrogen-bond acceptors (Lipinski definition) is 5. The average molecular weight is 226 g/mol. The van der Waals surface area contributed by atoms with Gasteiger partial charge in [0.05, 0.1) is 17.9 Å². The molecule has 1 N–H and O–H groups in total. The normalized spacial score (nSPS) is 20.9. The smallest absolute Gasteiger partial charge is 0.275 e. The second kappa shape index (κ2) is 4.67. The number of carbonyl (C=O) groups is 1. The van der Waals surface area contributed by atoms with Gasteiger partial charge in [-0.3, -0.25) is 4.79 Å². The zero-order valence-electron chi connectivity index (χ0n) is 8.64. The fourth-order valence-corrected chi connectivity index (χ4v) is 2.36. The summed E-state index contributed by atoms with van der Waals surface area (Å²) in [5.74, 6) is 0.0153. The van der Waals surface area contributed by atoms with Crippen LogP contribution >= 0.6 is 11.7 Å². The van der Waals surface area contributed by atoms with Crippen molar-refractivity contribution in [2.24, 2.45) is 0 Å². The summed E-state index contributed by atoms with van der Waals surface area (Å²) in [6.07, 6.45) is 3.70. The molecule has 0 bridgehead atoms. The van der Waals surface area contributed by atoms with Crippen LogP contribution in [0.2, 0.25) is 0 Å². The van der Waals surface area contributed by atoms with Crippen LogP contribution in [0.5, 0.6) is 0 Å². The van der Waals surface area contributed by atoms with Gasteiger partial charge in [-0.25, -0.2) is 0 Å². The number of carbonyl (C=O) groups excluding carboxylic acids is 1. The summed E-state index contributed by atoms with van der Waals surface area (Å²) in [6, 6.07) is 0.309. The average Bonchev–Trinajstić information content (AvgIpc) is 2.87. The predicted octanol–water partition coefficient (Wildman–Crippen LogP) is 0.362.